The van der Waals surface area contributed by atoms with Crippen molar-refractivity contribution >= 4 is 33.4 Å². The van der Waals surface area contributed by atoms with Gasteiger partial charge in [-0.05, 0) is 102 Å². The molecule has 7 N–H and O–H groups in total. The molecule has 0 aliphatic carbocycles. The second-order valence-corrected chi connectivity index (χ2v) is 20.4. The number of nitrogens with zero attached hydrogens (tertiary/aromatic N) is 2. The van der Waals surface area contributed by atoms with Gasteiger partial charge in [0.2, 0.25) is 0 Å². The average Bonchev–Trinajstić information content (AvgIpc) is 3.63. The molecule has 21 heteroatoms. The van der Waals surface area contributed by atoms with Crippen LogP contribution in [0.4, 0.5) is 5.82 Å². The Labute approximate surface area is 431 Å². The highest BCUT2D eigenvalue weighted by Gasteiger charge is 2.46. The van der Waals surface area contributed by atoms with Crippen LogP contribution in [0.1, 0.15) is 154 Å². The molecule has 0 aromatic carbocycles. The summed E-state index contributed by atoms with van der Waals surface area (Å²) in [6, 6.07) is 1.24. The summed E-state index contributed by atoms with van der Waals surface area (Å²) in [5.41, 5.74) is 4.58. The van der Waals surface area contributed by atoms with Gasteiger partial charge in [-0.2, -0.15) is 9.29 Å². The van der Waals surface area contributed by atoms with Gasteiger partial charge >= 0.3 is 33.3 Å². The fraction of sp³-hybridized carbons (Fsp3) is 0.615. The standard InChI is InChI=1S/C52H83N3O16P2/c1-2-3-4-5-6-7-8-9-10-12-16-19-22-25-28-31-34-37-48(58)69-44(41-66-47(57)36-33-30-27-24-21-18-15-13-11-14-17-20-23-26-29-32-35-40-56)42-67-72(62,63)71-73(64,65)68-43-45-49(59)50(60)51(70-45)55-39-38-46(53)54-52(55)61/h6-7,9-11,14-16,18-20,23-24,27,38-39,44-45,49-51,56,59-60H,2-5,8,12-13,17,21-22,25-26,28-37,40-43H2,1H3,(H,62,63)(H,64,65)(H2,53,54,61)/b7-6-,10-9-,14-11-,18-15-,19-16-,23-20-,27-24-/t44-,45-,49-,50-,51-/m1/s1. The van der Waals surface area contributed by atoms with Crippen molar-refractivity contribution in [2.45, 2.75) is 179 Å². The third kappa shape index (κ3) is 32.7. The zero-order valence-corrected chi connectivity index (χ0v) is 44.4. The van der Waals surface area contributed by atoms with E-state index in [-0.39, 0.29) is 25.3 Å². The number of aliphatic hydroxyl groups is 3. The number of esters is 2. The van der Waals surface area contributed by atoms with Crippen LogP contribution in [0.15, 0.2) is 102 Å². The highest BCUT2D eigenvalue weighted by Crippen LogP contribution is 2.60. The summed E-state index contributed by atoms with van der Waals surface area (Å²) < 4.78 is 56.7. The largest absolute Gasteiger partial charge is 0.481 e. The highest BCUT2D eigenvalue weighted by molar-refractivity contribution is 7.61. The van der Waals surface area contributed by atoms with E-state index in [4.69, 9.17) is 34.1 Å². The first-order chi connectivity index (χ1) is 35.2. The lowest BCUT2D eigenvalue weighted by molar-refractivity contribution is -0.161. The average molecular weight is 1070 g/mol. The summed E-state index contributed by atoms with van der Waals surface area (Å²) in [4.78, 5) is 61.9. The van der Waals surface area contributed by atoms with Crippen LogP contribution in [0.3, 0.4) is 0 Å². The van der Waals surface area contributed by atoms with Crippen molar-refractivity contribution < 1.29 is 71.4 Å². The number of allylic oxidation sites excluding steroid dienone is 14. The number of ether oxygens (including phenoxy) is 3. The van der Waals surface area contributed by atoms with Crippen LogP contribution in [-0.4, -0.2) is 97.4 Å². The number of aliphatic hydroxyl groups excluding tert-OH is 3. The van der Waals surface area contributed by atoms with Gasteiger partial charge in [-0.3, -0.25) is 23.2 Å². The predicted octanol–water partition coefficient (Wildman–Crippen LogP) is 9.64. The van der Waals surface area contributed by atoms with E-state index >= 15 is 0 Å². The van der Waals surface area contributed by atoms with E-state index in [9.17, 15) is 43.5 Å². The molecule has 73 heavy (non-hydrogen) atoms. The Hall–Kier alpha value is -4.10. The second-order valence-electron chi connectivity index (χ2n) is 17.4. The lowest BCUT2D eigenvalue weighted by atomic mass is 10.1. The smallest absolute Gasteiger partial charge is 0.462 e. The summed E-state index contributed by atoms with van der Waals surface area (Å²) >= 11 is 0. The van der Waals surface area contributed by atoms with Crippen LogP contribution in [0.5, 0.6) is 0 Å². The van der Waals surface area contributed by atoms with E-state index in [1.807, 2.05) is 12.2 Å². The van der Waals surface area contributed by atoms with Gasteiger partial charge < -0.3 is 45.1 Å². The fourth-order valence-electron chi connectivity index (χ4n) is 7.00. The summed E-state index contributed by atoms with van der Waals surface area (Å²) in [7, 11) is -10.9. The van der Waals surface area contributed by atoms with Crippen LogP contribution in [0.2, 0.25) is 0 Å². The lowest BCUT2D eigenvalue weighted by Gasteiger charge is -2.21. The molecule has 1 aromatic rings. The lowest BCUT2D eigenvalue weighted by Crippen LogP contribution is -2.36. The van der Waals surface area contributed by atoms with Crippen molar-refractivity contribution in [1.82, 2.24) is 9.55 Å². The minimum Gasteiger partial charge on any atom is -0.462 e. The molecular formula is C52H83N3O16P2. The van der Waals surface area contributed by atoms with Crippen molar-refractivity contribution in [3.05, 3.63) is 108 Å². The third-order valence-electron chi connectivity index (χ3n) is 11.0. The molecule has 1 saturated heterocycles. The number of nitrogens with two attached hydrogens (primary N) is 1. The number of aromatic nitrogens is 2. The molecule has 0 bridgehead atoms. The third-order valence-corrected chi connectivity index (χ3v) is 13.6. The van der Waals surface area contributed by atoms with Crippen molar-refractivity contribution in [3.63, 3.8) is 0 Å². The number of hydrogen-bond acceptors (Lipinski definition) is 16. The van der Waals surface area contributed by atoms with Gasteiger partial charge in [0.25, 0.3) is 0 Å². The molecule has 1 aliphatic heterocycles. The van der Waals surface area contributed by atoms with Gasteiger partial charge in [0, 0.05) is 25.6 Å². The number of carbonyl (C=O) groups is 2. The molecule has 2 rings (SSSR count). The summed E-state index contributed by atoms with van der Waals surface area (Å²) in [6.45, 7) is 0.0445. The molecule has 0 spiro atoms. The van der Waals surface area contributed by atoms with E-state index in [2.05, 4.69) is 89.1 Å². The van der Waals surface area contributed by atoms with Gasteiger partial charge in [0.15, 0.2) is 12.3 Å². The first kappa shape index (κ1) is 65.0. The Kier molecular flexibility index (Phi) is 35.8. The monoisotopic (exact) mass is 1070 g/mol. The van der Waals surface area contributed by atoms with Gasteiger partial charge in [-0.1, -0.05) is 124 Å². The second kappa shape index (κ2) is 40.2. The Morgan fingerprint density at radius 3 is 1.73 bits per heavy atom. The fourth-order valence-corrected chi connectivity index (χ4v) is 9.11. The molecule has 19 nitrogen and oxygen atoms in total. The first-order valence-corrected chi connectivity index (χ1v) is 28.7. The van der Waals surface area contributed by atoms with Gasteiger partial charge in [-0.25, -0.2) is 13.9 Å². The van der Waals surface area contributed by atoms with E-state index in [0.29, 0.717) is 19.3 Å². The Bertz CT molecular complexity index is 2050. The Morgan fingerprint density at radius 2 is 1.18 bits per heavy atom. The molecule has 1 aromatic heterocycles. The van der Waals surface area contributed by atoms with Crippen LogP contribution >= 0.6 is 15.6 Å². The summed E-state index contributed by atoms with van der Waals surface area (Å²) in [6.07, 6.45) is 41.1. The van der Waals surface area contributed by atoms with Gasteiger partial charge in [0.05, 0.1) is 13.2 Å². The van der Waals surface area contributed by atoms with Gasteiger partial charge in [-0.15, -0.1) is 0 Å². The number of anilines is 1. The minimum atomic E-state index is -5.45. The van der Waals surface area contributed by atoms with Crippen LogP contribution < -0.4 is 11.4 Å². The number of hydrogen-bond donors (Lipinski definition) is 6. The number of nitrogen functional groups attached to an aromatic ring is 1. The molecule has 1 fully saturated rings. The van der Waals surface area contributed by atoms with Crippen LogP contribution in [-0.2, 0) is 46.3 Å². The number of unbranched alkanes of at least 4 members (excludes halogenated alkanes) is 11. The minimum absolute atomic E-state index is 0.00279. The van der Waals surface area contributed by atoms with E-state index < -0.39 is 83.7 Å². The van der Waals surface area contributed by atoms with E-state index in [1.165, 1.54) is 25.3 Å². The predicted molar refractivity (Wildman–Crippen MR) is 281 cm³/mol. The summed E-state index contributed by atoms with van der Waals surface area (Å²) in [5, 5.41) is 29.7. The molecule has 7 atom stereocenters. The molecule has 0 saturated carbocycles. The van der Waals surface area contributed by atoms with Crippen molar-refractivity contribution in [2.75, 3.05) is 32.2 Å². The topological polar surface area (TPSA) is 286 Å². The zero-order valence-electron chi connectivity index (χ0n) is 42.6. The van der Waals surface area contributed by atoms with E-state index in [0.717, 1.165) is 101 Å². The molecule has 2 heterocycles. The van der Waals surface area contributed by atoms with E-state index in [1.54, 1.807) is 0 Å². The number of carbonyl (C=O) groups excluding carboxylic acids is 2. The highest BCUT2D eigenvalue weighted by atomic mass is 31.3. The maximum atomic E-state index is 12.9. The zero-order chi connectivity index (χ0) is 53.4. The van der Waals surface area contributed by atoms with Crippen molar-refractivity contribution in [3.8, 4) is 0 Å². The molecule has 412 valence electrons. The molecule has 1 aliphatic rings. The summed E-state index contributed by atoms with van der Waals surface area (Å²) in [5.74, 6) is -1.41. The normalized spacial score (nSPS) is 19.6. The maximum absolute atomic E-state index is 12.9. The Morgan fingerprint density at radius 1 is 0.685 bits per heavy atom. The Balaban J connectivity index is 1.83. The molecule has 0 amide bonds. The number of phosphoric acid groups is 2. The number of phosphoric ester groups is 2. The first-order valence-electron chi connectivity index (χ1n) is 25.7. The quantitative estimate of drug-likeness (QED) is 0.0154. The maximum Gasteiger partial charge on any atom is 0.481 e. The molecular weight excluding hydrogens is 985 g/mol. The van der Waals surface area contributed by atoms with Gasteiger partial charge in [0.1, 0.15) is 30.7 Å². The van der Waals surface area contributed by atoms with Crippen LogP contribution in [0.25, 0.3) is 0 Å². The molecule has 2 unspecified atom stereocenters. The molecule has 0 radical (unpaired) electrons. The van der Waals surface area contributed by atoms with Crippen LogP contribution in [0, 0.1) is 0 Å². The van der Waals surface area contributed by atoms with Crippen molar-refractivity contribution in [1.29, 1.82) is 0 Å². The number of rotatable bonds is 42. The van der Waals surface area contributed by atoms with Crippen molar-refractivity contribution in [2.24, 2.45) is 0 Å². The SMILES string of the molecule is CCCCC/C=C\C/C=C\C/C=C\CCCCCCC(=O)O[C@H](COC(=O)CCC/C=C\C/C=C\C/C=C\C/C=C\CCCCCO)COP(=O)(O)OP(=O)(O)OC[C@H]1O[C@@H](n2ccc(N)nc2=O)[C@H](O)[C@@H]1O.